The Morgan fingerprint density at radius 2 is 1.83 bits per heavy atom. The average molecular weight is 420 g/mol. The van der Waals surface area contributed by atoms with E-state index in [2.05, 4.69) is 0 Å². The van der Waals surface area contributed by atoms with Crippen LogP contribution in [-0.4, -0.2) is 85.4 Å². The minimum absolute atomic E-state index is 0.0577. The number of ether oxygens (including phenoxy) is 3. The number of carboxylic acids is 1. The highest BCUT2D eigenvalue weighted by atomic mass is 16.6. The van der Waals surface area contributed by atoms with Crippen molar-refractivity contribution in [2.24, 2.45) is 0 Å². The van der Waals surface area contributed by atoms with E-state index < -0.39 is 30.1 Å². The second-order valence-electron chi connectivity index (χ2n) is 7.11. The Hall–Kier alpha value is -2.98. The Kier molecular flexibility index (Phi) is 6.68. The molecule has 2 amide bonds. The molecule has 0 radical (unpaired) electrons. The van der Waals surface area contributed by atoms with Crippen molar-refractivity contribution in [3.05, 3.63) is 29.3 Å². The van der Waals surface area contributed by atoms with Gasteiger partial charge < -0.3 is 29.1 Å². The Morgan fingerprint density at radius 3 is 2.47 bits per heavy atom. The number of anilines is 1. The molecule has 0 spiro atoms. The first-order valence-corrected chi connectivity index (χ1v) is 9.59. The molecule has 2 fully saturated rings. The van der Waals surface area contributed by atoms with Gasteiger partial charge in [0.15, 0.2) is 6.10 Å². The van der Waals surface area contributed by atoms with Crippen molar-refractivity contribution in [3.63, 3.8) is 0 Å². The third-order valence-corrected chi connectivity index (χ3v) is 4.85. The quantitative estimate of drug-likeness (QED) is 0.671. The van der Waals surface area contributed by atoms with Gasteiger partial charge in [-0.25, -0.2) is 4.79 Å². The lowest BCUT2D eigenvalue weighted by molar-refractivity contribution is -0.177. The average Bonchev–Trinajstić information content (AvgIpc) is 2.71. The van der Waals surface area contributed by atoms with Crippen LogP contribution >= 0.6 is 0 Å². The van der Waals surface area contributed by atoms with Crippen LogP contribution in [0.4, 0.5) is 5.69 Å². The van der Waals surface area contributed by atoms with Crippen LogP contribution in [0.2, 0.25) is 0 Å². The normalized spacial score (nSPS) is 20.6. The number of benzene rings is 1. The van der Waals surface area contributed by atoms with Crippen molar-refractivity contribution in [3.8, 4) is 0 Å². The van der Waals surface area contributed by atoms with E-state index in [4.69, 9.17) is 14.2 Å². The summed E-state index contributed by atoms with van der Waals surface area (Å²) in [5, 5.41) is 9.37. The van der Waals surface area contributed by atoms with E-state index >= 15 is 0 Å². The van der Waals surface area contributed by atoms with E-state index in [-0.39, 0.29) is 19.1 Å². The fraction of sp³-hybridized carbons (Fsp3) is 0.500. The van der Waals surface area contributed by atoms with Gasteiger partial charge in [-0.2, -0.15) is 0 Å². The second kappa shape index (κ2) is 9.23. The first kappa shape index (κ1) is 21.7. The molecule has 1 aromatic rings. The zero-order valence-corrected chi connectivity index (χ0v) is 16.8. The minimum Gasteiger partial charge on any atom is -0.478 e. The van der Waals surface area contributed by atoms with Gasteiger partial charge in [-0.05, 0) is 30.7 Å². The maximum atomic E-state index is 13.0. The molecule has 0 aliphatic carbocycles. The Labute approximate surface area is 173 Å². The van der Waals surface area contributed by atoms with Gasteiger partial charge in [-0.15, -0.1) is 0 Å². The predicted octanol–water partition coefficient (Wildman–Crippen LogP) is 0.216. The van der Waals surface area contributed by atoms with E-state index in [9.17, 15) is 24.3 Å². The fourth-order valence-corrected chi connectivity index (χ4v) is 3.49. The fourth-order valence-electron chi connectivity index (χ4n) is 3.49. The van der Waals surface area contributed by atoms with Crippen LogP contribution in [0, 0.1) is 6.92 Å². The molecule has 2 heterocycles. The van der Waals surface area contributed by atoms with Crippen molar-refractivity contribution in [1.29, 1.82) is 0 Å². The molecular formula is C20H24N2O8. The maximum Gasteiger partial charge on any atom is 0.348 e. The number of carbonyl (C=O) groups is 4. The summed E-state index contributed by atoms with van der Waals surface area (Å²) in [5.41, 5.74) is 1.66. The molecule has 30 heavy (non-hydrogen) atoms. The van der Waals surface area contributed by atoms with Crippen LogP contribution in [0.15, 0.2) is 18.2 Å². The zero-order valence-electron chi connectivity index (χ0n) is 16.8. The van der Waals surface area contributed by atoms with Crippen molar-refractivity contribution in [2.45, 2.75) is 26.1 Å². The summed E-state index contributed by atoms with van der Waals surface area (Å²) >= 11 is 0. The molecule has 0 unspecified atom stereocenters. The number of nitrogens with zero attached hydrogens (tertiary/aromatic N) is 2. The lowest BCUT2D eigenvalue weighted by Gasteiger charge is -2.35. The highest BCUT2D eigenvalue weighted by Crippen LogP contribution is 2.25. The van der Waals surface area contributed by atoms with Crippen LogP contribution in [0.25, 0.3) is 0 Å². The van der Waals surface area contributed by atoms with E-state index in [0.29, 0.717) is 37.6 Å². The van der Waals surface area contributed by atoms with Crippen LogP contribution in [0.3, 0.4) is 0 Å². The largest absolute Gasteiger partial charge is 0.478 e. The molecule has 0 aromatic heterocycles. The Bertz CT molecular complexity index is 849. The first-order valence-electron chi connectivity index (χ1n) is 9.59. The lowest BCUT2D eigenvalue weighted by atomic mass is 10.1. The molecular weight excluding hydrogens is 396 g/mol. The number of hydrogen-bond acceptors (Lipinski definition) is 7. The molecule has 2 aliphatic heterocycles. The topological polar surface area (TPSA) is 123 Å². The summed E-state index contributed by atoms with van der Waals surface area (Å²) in [6, 6.07) is 5.08. The molecule has 1 N–H and O–H groups in total. The van der Waals surface area contributed by atoms with Crippen molar-refractivity contribution in [2.75, 3.05) is 44.4 Å². The number of rotatable bonds is 5. The van der Waals surface area contributed by atoms with Gasteiger partial charge in [0.25, 0.3) is 11.8 Å². The summed E-state index contributed by atoms with van der Waals surface area (Å²) < 4.78 is 15.4. The summed E-state index contributed by atoms with van der Waals surface area (Å²) in [6.45, 7) is 5.03. The van der Waals surface area contributed by atoms with Crippen molar-refractivity contribution >= 4 is 29.4 Å². The Balaban J connectivity index is 1.86. The highest BCUT2D eigenvalue weighted by Gasteiger charge is 2.42. The number of aryl methyl sites for hydroxylation is 1. The van der Waals surface area contributed by atoms with Crippen LogP contribution in [0.1, 0.15) is 22.8 Å². The van der Waals surface area contributed by atoms with Gasteiger partial charge in [-0.3, -0.25) is 14.4 Å². The van der Waals surface area contributed by atoms with Gasteiger partial charge >= 0.3 is 11.9 Å². The molecule has 1 aromatic carbocycles. The first-order chi connectivity index (χ1) is 14.3. The summed E-state index contributed by atoms with van der Waals surface area (Å²) in [4.78, 5) is 51.7. The molecule has 3 rings (SSSR count). The number of amides is 2. The maximum absolute atomic E-state index is 13.0. The molecule has 0 saturated carbocycles. The molecule has 0 bridgehead atoms. The van der Waals surface area contributed by atoms with Crippen LogP contribution in [-0.2, 0) is 28.6 Å². The molecule has 162 valence electrons. The van der Waals surface area contributed by atoms with E-state index in [1.54, 1.807) is 30.0 Å². The van der Waals surface area contributed by atoms with Crippen LogP contribution in [0.5, 0.6) is 0 Å². The van der Waals surface area contributed by atoms with Gasteiger partial charge in [0.2, 0.25) is 6.10 Å². The third-order valence-electron chi connectivity index (χ3n) is 4.85. The number of carboxylic acid groups (broad SMARTS) is 1. The molecule has 10 heteroatoms. The predicted molar refractivity (Wildman–Crippen MR) is 103 cm³/mol. The number of carbonyl (C=O) groups excluding carboxylic acids is 3. The molecule has 2 atom stereocenters. The summed E-state index contributed by atoms with van der Waals surface area (Å²) in [6.07, 6.45) is -3.23. The van der Waals surface area contributed by atoms with Gasteiger partial charge in [0.05, 0.1) is 19.8 Å². The summed E-state index contributed by atoms with van der Waals surface area (Å²) in [5.74, 6) is -3.11. The smallest absolute Gasteiger partial charge is 0.348 e. The highest BCUT2D eigenvalue weighted by molar-refractivity contribution is 6.02. The number of esters is 1. The van der Waals surface area contributed by atoms with Gasteiger partial charge in [-0.1, -0.05) is 0 Å². The number of hydrogen-bond donors (Lipinski definition) is 1. The van der Waals surface area contributed by atoms with E-state index in [1.165, 1.54) is 4.90 Å². The number of aliphatic carboxylic acids is 1. The van der Waals surface area contributed by atoms with Gasteiger partial charge in [0.1, 0.15) is 0 Å². The Morgan fingerprint density at radius 1 is 1.13 bits per heavy atom. The second-order valence-corrected chi connectivity index (χ2v) is 7.11. The minimum atomic E-state index is -1.75. The summed E-state index contributed by atoms with van der Waals surface area (Å²) in [7, 11) is 0. The number of morpholine rings is 2. The monoisotopic (exact) mass is 420 g/mol. The van der Waals surface area contributed by atoms with Gasteiger partial charge in [0, 0.05) is 37.8 Å². The molecule has 2 aliphatic rings. The lowest BCUT2D eigenvalue weighted by Crippen LogP contribution is -2.55. The standard InChI is InChI=1S/C20H24N2O8/c1-12-9-14(18(24)21-3-6-28-7-4-21)11-15(10-12)22-5-8-29-16(19(22)25)17(20(26)27)30-13(2)23/h9-11,16-17H,3-8H2,1-2H3,(H,26,27)/t16-,17-/m1/s1. The van der Waals surface area contributed by atoms with Crippen LogP contribution < -0.4 is 4.90 Å². The SMILES string of the molecule is CC(=O)O[C@@H](C(=O)O)[C@H]1OCCN(c2cc(C)cc(C(=O)N3CCOCC3)c2)C1=O. The van der Waals surface area contributed by atoms with Crippen molar-refractivity contribution < 1.29 is 38.5 Å². The van der Waals surface area contributed by atoms with E-state index in [0.717, 1.165) is 12.5 Å². The third kappa shape index (κ3) is 4.77. The molecule has 2 saturated heterocycles. The zero-order chi connectivity index (χ0) is 21.8. The van der Waals surface area contributed by atoms with Crippen molar-refractivity contribution in [1.82, 2.24) is 4.90 Å². The molecule has 10 nitrogen and oxygen atoms in total. The van der Waals surface area contributed by atoms with E-state index in [1.807, 2.05) is 0 Å².